The highest BCUT2D eigenvalue weighted by atomic mass is 79.9. The van der Waals surface area contributed by atoms with Crippen LogP contribution in [-0.4, -0.2) is 151 Å². The van der Waals surface area contributed by atoms with Gasteiger partial charge in [0.1, 0.15) is 26.7 Å². The molecule has 708 valence electrons. The lowest BCUT2D eigenvalue weighted by Gasteiger charge is -2.06. The van der Waals surface area contributed by atoms with Gasteiger partial charge in [-0.1, -0.05) is 187 Å². The smallest absolute Gasteiger partial charge is 0.319 e. The maximum atomic E-state index is 13.7. The van der Waals surface area contributed by atoms with Gasteiger partial charge in [-0.3, -0.25) is 28.8 Å². The summed E-state index contributed by atoms with van der Waals surface area (Å²) in [6.07, 6.45) is 0. The van der Waals surface area contributed by atoms with E-state index >= 15 is 0 Å². The molecule has 6 aromatic heterocycles. The molecule has 42 nitrogen and oxygen atoms in total. The van der Waals surface area contributed by atoms with Crippen molar-refractivity contribution >= 4 is 315 Å². The minimum atomic E-state index is -4.86. The molecule has 0 fully saturated rings. The van der Waals surface area contributed by atoms with Crippen molar-refractivity contribution in [2.24, 2.45) is 0 Å². The molecule has 0 radical (unpaired) electrons. The van der Waals surface area contributed by atoms with Crippen molar-refractivity contribution < 1.29 is 124 Å². The van der Waals surface area contributed by atoms with E-state index in [1.807, 2.05) is 27.7 Å². The Morgan fingerprint density at radius 2 is 0.417 bits per heavy atom. The molecule has 0 atom stereocenters. The third-order valence-electron chi connectivity index (χ3n) is 15.6. The van der Waals surface area contributed by atoms with E-state index in [9.17, 15) is 64.9 Å². The second kappa shape index (κ2) is 45.8. The monoisotopic (exact) mass is 2400 g/mol. The number of carbonyl (C=O) groups is 6. The minimum Gasteiger partial charge on any atom is -0.319 e. The normalized spacial score (nSPS) is 11.5. The number of benzene rings is 6. The van der Waals surface area contributed by atoms with Crippen molar-refractivity contribution in [1.82, 2.24) is 57.3 Å². The highest BCUT2D eigenvalue weighted by Crippen LogP contribution is 2.49. The number of rotatable bonds is 18. The third-order valence-corrected chi connectivity index (χ3v) is 28.6. The number of hydrogen-bond donors (Lipinski definition) is 18. The van der Waals surface area contributed by atoms with Gasteiger partial charge in [0.25, 0.3) is 35.4 Å². The quantitative estimate of drug-likeness (QED) is 0.0355. The Balaban J connectivity index is 0.000000216. The molecule has 6 aromatic carbocycles. The summed E-state index contributed by atoms with van der Waals surface area (Å²) in [4.78, 5) is 182. The second-order valence-electron chi connectivity index (χ2n) is 25.8. The first kappa shape index (κ1) is 112. The van der Waals surface area contributed by atoms with Gasteiger partial charge >= 0.3 is 46.5 Å². The summed E-state index contributed by atoms with van der Waals surface area (Å²) < 4.78 is 95.6. The van der Waals surface area contributed by atoms with Crippen molar-refractivity contribution in [1.29, 1.82) is 0 Å². The van der Waals surface area contributed by atoms with Gasteiger partial charge in [0.05, 0.1) is 67.6 Å². The van der Waals surface area contributed by atoms with E-state index in [0.29, 0.717) is 54.0 Å². The molecular formula is C66H54Br3Cl13F2N18O24P6. The summed E-state index contributed by atoms with van der Waals surface area (Å²) in [6.45, 7) is 10.7. The van der Waals surface area contributed by atoms with Crippen molar-refractivity contribution in [2.45, 2.75) is 41.5 Å². The minimum absolute atomic E-state index is 0.0294. The Bertz CT molecular complexity index is 5870. The number of aromatic nitrogens is 12. The van der Waals surface area contributed by atoms with E-state index in [1.54, 1.807) is 98.8 Å². The van der Waals surface area contributed by atoms with Gasteiger partial charge in [0, 0.05) is 0 Å². The van der Waals surface area contributed by atoms with E-state index in [-0.39, 0.29) is 88.9 Å². The number of halogens is 18. The second-order valence-corrected chi connectivity index (χ2v) is 41.5. The number of amides is 6. The Labute approximate surface area is 829 Å². The summed E-state index contributed by atoms with van der Waals surface area (Å²) in [7, 11) is -28.8. The molecule has 132 heavy (non-hydrogen) atoms. The zero-order valence-electron chi connectivity index (χ0n) is 65.5. The zero-order valence-corrected chi connectivity index (χ0v) is 85.5. The Morgan fingerprint density at radius 3 is 0.576 bits per heavy atom. The van der Waals surface area contributed by atoms with Crippen molar-refractivity contribution in [3.05, 3.63) is 268 Å². The molecule has 66 heteroatoms. The molecular weight excluding hydrogens is 2350 g/mol. The van der Waals surface area contributed by atoms with Crippen LogP contribution in [-0.2, 0) is 27.4 Å². The van der Waals surface area contributed by atoms with E-state index in [4.69, 9.17) is 210 Å². The molecule has 0 saturated carbocycles. The van der Waals surface area contributed by atoms with Crippen LogP contribution in [0.25, 0.3) is 0 Å². The zero-order chi connectivity index (χ0) is 99.9. The van der Waals surface area contributed by atoms with Gasteiger partial charge in [0.2, 0.25) is 0 Å². The van der Waals surface area contributed by atoms with Crippen LogP contribution in [0.4, 0.5) is 42.9 Å². The molecule has 0 aliphatic carbocycles. The molecule has 18 N–H and O–H groups in total. The summed E-state index contributed by atoms with van der Waals surface area (Å²) in [5.41, 5.74) is 3.70. The standard InChI is InChI=1S/2C11H9BrCl2N3O4P.C11H9BrClFN3O4P.2C11H9Cl3N3O4P.C11H9Cl2FN3O4P/c2*1-5-2-3-7(6(13)4-5)15-11(18)9-8(12)10(14)17(16-9)22(19,20)21;1-5-2-3-7(6(14)4-5)15-11(18)9-8(12)10(13)17(16-9)22(19,20)21;2*1-5-2-3-7(6(12)4-5)15-11(18)9-8(13)10(14)17(16-9)22(19,20)21;1-5-2-3-7(6(14)4-5)15-11(18)9-8(12)10(13)17(16-9)22(19,20)21/h6*2-4H,1H3,(H,15,18)(H2,19,20,21). The summed E-state index contributed by atoms with van der Waals surface area (Å²) in [6, 6.07) is 28.2. The van der Waals surface area contributed by atoms with Crippen molar-refractivity contribution in [3.63, 3.8) is 0 Å². The van der Waals surface area contributed by atoms with Crippen molar-refractivity contribution in [3.8, 4) is 0 Å². The first-order valence-corrected chi connectivity index (χ1v) is 50.8. The Hall–Kier alpha value is -6.63. The molecule has 0 unspecified atom stereocenters. The number of aryl methyl sites for hydroxylation is 6. The van der Waals surface area contributed by atoms with E-state index < -0.39 is 136 Å². The third kappa shape index (κ3) is 29.2. The number of nitrogens with zero attached hydrogens (tertiary/aromatic N) is 12. The van der Waals surface area contributed by atoms with Crippen LogP contribution >= 0.6 is 245 Å². The molecule has 6 amide bonds. The maximum absolute atomic E-state index is 13.7. The fraction of sp³-hybridized carbons (Fsp3) is 0.0909. The topological polar surface area (TPSA) is 627 Å². The molecule has 0 bridgehead atoms. The highest BCUT2D eigenvalue weighted by molar-refractivity contribution is 9.11. The fourth-order valence-corrected chi connectivity index (χ4v) is 18.9. The Kier molecular flexibility index (Phi) is 39.0. The van der Waals surface area contributed by atoms with Gasteiger partial charge in [-0.05, 0) is 196 Å². The van der Waals surface area contributed by atoms with Crippen LogP contribution in [0.2, 0.25) is 66.1 Å². The van der Waals surface area contributed by atoms with Crippen LogP contribution in [0.3, 0.4) is 0 Å². The Morgan fingerprint density at radius 1 is 0.265 bits per heavy atom. The van der Waals surface area contributed by atoms with E-state index in [0.717, 1.165) is 22.3 Å². The van der Waals surface area contributed by atoms with Crippen LogP contribution in [0.5, 0.6) is 0 Å². The summed E-state index contributed by atoms with van der Waals surface area (Å²) >= 11 is 84.4. The van der Waals surface area contributed by atoms with Crippen LogP contribution in [0, 0.1) is 53.2 Å². The van der Waals surface area contributed by atoms with Gasteiger partial charge < -0.3 is 90.6 Å². The fourth-order valence-electron chi connectivity index (χ4n) is 9.53. The van der Waals surface area contributed by atoms with Gasteiger partial charge in [-0.15, -0.1) is 0 Å². The average molecular weight is 2410 g/mol. The molecule has 12 aromatic rings. The number of nitrogens with one attached hydrogen (secondary N) is 6. The van der Waals surface area contributed by atoms with Gasteiger partial charge in [-0.2, -0.15) is 57.3 Å². The number of hydrogen-bond acceptors (Lipinski definition) is 18. The van der Waals surface area contributed by atoms with E-state index in [2.05, 4.69) is 110 Å². The SMILES string of the molecule is Cc1ccc(NC(=O)c2nn(P(=O)(O)O)c(Cl)c2Br)c(Cl)c1.Cc1ccc(NC(=O)c2nn(P(=O)(O)O)c(Cl)c2Br)c(Cl)c1.Cc1ccc(NC(=O)c2nn(P(=O)(O)O)c(Cl)c2Br)c(F)c1.Cc1ccc(NC(=O)c2nn(P(=O)(O)O)c(Cl)c2Cl)c(Cl)c1.Cc1ccc(NC(=O)c2nn(P(=O)(O)O)c(Cl)c2Cl)c(Cl)c1.Cc1ccc(NC(=O)c2nn(P(=O)(O)O)c(Cl)c2Cl)c(F)c1. The first-order chi connectivity index (χ1) is 60.6. The molecule has 6 heterocycles. The van der Waals surface area contributed by atoms with E-state index in [1.165, 1.54) is 24.3 Å². The number of carbonyl (C=O) groups excluding carboxylic acids is 6. The molecule has 0 aliphatic heterocycles. The van der Waals surface area contributed by atoms with Gasteiger partial charge in [0.15, 0.2) is 65.1 Å². The maximum Gasteiger partial charge on any atom is 0.451 e. The van der Waals surface area contributed by atoms with Gasteiger partial charge in [-0.25, -0.2) is 36.2 Å². The predicted molar refractivity (Wildman–Crippen MR) is 501 cm³/mol. The van der Waals surface area contributed by atoms with Crippen LogP contribution in [0.15, 0.2) is 123 Å². The molecule has 0 aliphatic rings. The molecule has 12 rings (SSSR count). The van der Waals surface area contributed by atoms with Crippen molar-refractivity contribution in [2.75, 3.05) is 31.9 Å². The lowest BCUT2D eigenvalue weighted by molar-refractivity contribution is 0.101. The lowest BCUT2D eigenvalue weighted by Crippen LogP contribution is -2.14. The molecule has 0 spiro atoms. The summed E-state index contributed by atoms with van der Waals surface area (Å²) in [5.74, 6) is -6.19. The summed E-state index contributed by atoms with van der Waals surface area (Å²) in [5, 5.41) is 32.4. The highest BCUT2D eigenvalue weighted by Gasteiger charge is 2.36. The first-order valence-electron chi connectivity index (χ1n) is 34.1. The van der Waals surface area contributed by atoms with Crippen LogP contribution in [0.1, 0.15) is 96.3 Å². The predicted octanol–water partition coefficient (Wildman–Crippen LogP) is 19.4. The largest absolute Gasteiger partial charge is 0.451 e. The molecule has 0 saturated heterocycles. The van der Waals surface area contributed by atoms with Crippen LogP contribution < -0.4 is 31.9 Å². The average Bonchev–Trinajstić information content (AvgIpc) is 1.67. The lowest BCUT2D eigenvalue weighted by atomic mass is 10.2. The number of anilines is 6.